The van der Waals surface area contributed by atoms with E-state index >= 15 is 0 Å². The van der Waals surface area contributed by atoms with Crippen molar-refractivity contribution in [1.29, 1.82) is 0 Å². The molecule has 0 saturated carbocycles. The van der Waals surface area contributed by atoms with E-state index in [2.05, 4.69) is 10.2 Å². The van der Waals surface area contributed by atoms with Gasteiger partial charge in [-0.2, -0.15) is 5.10 Å². The van der Waals surface area contributed by atoms with Crippen molar-refractivity contribution in [2.45, 2.75) is 38.1 Å². The maximum absolute atomic E-state index is 13.4. The molecule has 2 atom stereocenters. The van der Waals surface area contributed by atoms with Crippen molar-refractivity contribution in [3.63, 3.8) is 0 Å². The number of aryl methyl sites for hydroxylation is 1. The van der Waals surface area contributed by atoms with Crippen LogP contribution in [0.4, 0.5) is 0 Å². The number of ether oxygens (including phenoxy) is 1. The minimum absolute atomic E-state index is 0.00442. The topological polar surface area (TPSA) is 78.5 Å². The van der Waals surface area contributed by atoms with Crippen molar-refractivity contribution in [1.82, 2.24) is 20.0 Å². The second-order valence-corrected chi connectivity index (χ2v) is 11.2. The molecule has 1 aromatic heterocycles. The van der Waals surface area contributed by atoms with Gasteiger partial charge in [0.2, 0.25) is 5.91 Å². The first-order chi connectivity index (χ1) is 18.5. The molecule has 1 aliphatic carbocycles. The minimum atomic E-state index is -0.129. The Kier molecular flexibility index (Phi) is 7.16. The van der Waals surface area contributed by atoms with E-state index in [0.717, 1.165) is 54.6 Å². The van der Waals surface area contributed by atoms with Gasteiger partial charge in [-0.25, -0.2) is 0 Å². The van der Waals surface area contributed by atoms with E-state index in [9.17, 15) is 9.59 Å². The van der Waals surface area contributed by atoms with Crippen LogP contribution in [0.2, 0.25) is 10.0 Å². The molecule has 0 spiro atoms. The van der Waals surface area contributed by atoms with Crippen LogP contribution in [0, 0.1) is 5.92 Å². The molecule has 2 aliphatic heterocycles. The molecule has 6 rings (SSSR count). The number of carbonyl (C=O) groups excluding carboxylic acids is 2. The molecule has 1 N–H and O–H groups in total. The number of likely N-dealkylation sites (tertiary alicyclic amines) is 1. The smallest absolute Gasteiger partial charge is 0.254 e. The Hall–Kier alpha value is -2.87. The summed E-state index contributed by atoms with van der Waals surface area (Å²) in [5, 5.41) is 8.35. The van der Waals surface area contributed by atoms with Crippen LogP contribution in [0.25, 0.3) is 11.1 Å². The molecule has 2 fully saturated rings. The molecule has 7 nitrogen and oxygen atoms in total. The lowest BCUT2D eigenvalue weighted by Crippen LogP contribution is -2.41. The van der Waals surface area contributed by atoms with Gasteiger partial charge in [0.1, 0.15) is 0 Å². The Balaban J connectivity index is 1.16. The molecule has 3 heterocycles. The van der Waals surface area contributed by atoms with Gasteiger partial charge in [0.15, 0.2) is 0 Å². The number of rotatable bonds is 5. The number of hydrogen-bond donors (Lipinski definition) is 1. The van der Waals surface area contributed by atoms with Gasteiger partial charge in [0.05, 0.1) is 18.9 Å². The van der Waals surface area contributed by atoms with Crippen molar-refractivity contribution in [3.8, 4) is 11.1 Å². The van der Waals surface area contributed by atoms with Crippen molar-refractivity contribution in [3.05, 3.63) is 75.0 Å². The maximum Gasteiger partial charge on any atom is 0.254 e. The lowest BCUT2D eigenvalue weighted by molar-refractivity contribution is -0.133. The Bertz CT molecular complexity index is 1340. The van der Waals surface area contributed by atoms with E-state index in [0.29, 0.717) is 48.3 Å². The highest BCUT2D eigenvalue weighted by Crippen LogP contribution is 2.36. The molecular weight excluding hydrogens is 523 g/mol. The molecule has 3 aliphatic rings. The lowest BCUT2D eigenvalue weighted by Gasteiger charge is -2.31. The molecule has 0 radical (unpaired) electrons. The lowest BCUT2D eigenvalue weighted by atomic mass is 9.92. The number of amides is 2. The summed E-state index contributed by atoms with van der Waals surface area (Å²) in [6, 6.07) is 11.5. The van der Waals surface area contributed by atoms with Crippen LogP contribution in [-0.2, 0) is 28.8 Å². The Morgan fingerprint density at radius 3 is 2.63 bits per heavy atom. The van der Waals surface area contributed by atoms with Crippen LogP contribution in [0.1, 0.15) is 40.0 Å². The Morgan fingerprint density at radius 1 is 1.05 bits per heavy atom. The number of carbonyl (C=O) groups is 2. The molecule has 2 saturated heterocycles. The number of aromatic amines is 1. The quantitative estimate of drug-likeness (QED) is 0.492. The average molecular weight is 553 g/mol. The van der Waals surface area contributed by atoms with Gasteiger partial charge in [-0.15, -0.1) is 0 Å². The van der Waals surface area contributed by atoms with Crippen LogP contribution >= 0.6 is 23.2 Å². The molecule has 2 aromatic carbocycles. The number of aromatic nitrogens is 2. The maximum atomic E-state index is 13.4. The number of nitrogens with one attached hydrogen (secondary N) is 1. The SMILES string of the molecule is O=C(c1cccc(-c2cc(Cl)c(C[C@@H]3CCN([C@H]4CCc5n[nH]cc5C4)C3=O)c(Cl)c2)c1)N1CCOCC1. The normalized spacial score (nSPS) is 21.6. The number of hydrogen-bond acceptors (Lipinski definition) is 4. The zero-order valence-electron chi connectivity index (χ0n) is 21.1. The predicted octanol–water partition coefficient (Wildman–Crippen LogP) is 4.80. The zero-order chi connectivity index (χ0) is 26.2. The highest BCUT2D eigenvalue weighted by molar-refractivity contribution is 6.36. The van der Waals surface area contributed by atoms with Crippen LogP contribution < -0.4 is 0 Å². The largest absolute Gasteiger partial charge is 0.378 e. The van der Waals surface area contributed by atoms with E-state index in [-0.39, 0.29) is 23.8 Å². The van der Waals surface area contributed by atoms with Crippen molar-refractivity contribution >= 4 is 35.0 Å². The number of morpholine rings is 1. The van der Waals surface area contributed by atoms with Crippen molar-refractivity contribution in [2.75, 3.05) is 32.8 Å². The first-order valence-electron chi connectivity index (χ1n) is 13.3. The summed E-state index contributed by atoms with van der Waals surface area (Å²) in [6.45, 7) is 3.07. The average Bonchev–Trinajstić information content (AvgIpc) is 3.56. The standard InChI is InChI=1S/C29H30Cl2N4O3/c30-25-15-21(18-2-1-3-19(12-18)28(36)34-8-10-38-11-9-34)16-26(31)24(25)14-20-6-7-35(29(20)37)23-4-5-27-22(13-23)17-32-33-27/h1-3,12,15-17,20,23H,4-11,13-14H2,(H,32,33)/t20-,23-/m0/s1. The van der Waals surface area contributed by atoms with E-state index in [1.165, 1.54) is 5.56 Å². The van der Waals surface area contributed by atoms with Gasteiger partial charge < -0.3 is 14.5 Å². The van der Waals surface area contributed by atoms with Gasteiger partial charge in [-0.1, -0.05) is 35.3 Å². The first-order valence-corrected chi connectivity index (χ1v) is 14.0. The summed E-state index contributed by atoms with van der Waals surface area (Å²) in [5.41, 5.74) is 5.49. The van der Waals surface area contributed by atoms with Gasteiger partial charge in [0.25, 0.3) is 5.91 Å². The van der Waals surface area contributed by atoms with Gasteiger partial charge in [0, 0.05) is 53.4 Å². The summed E-state index contributed by atoms with van der Waals surface area (Å²) in [6.07, 6.45) is 5.97. The molecule has 0 bridgehead atoms. The fourth-order valence-electron chi connectivity index (χ4n) is 5.97. The fraction of sp³-hybridized carbons (Fsp3) is 0.414. The third kappa shape index (κ3) is 4.95. The summed E-state index contributed by atoms with van der Waals surface area (Å²) in [7, 11) is 0. The molecule has 0 unspecified atom stereocenters. The van der Waals surface area contributed by atoms with E-state index < -0.39 is 0 Å². The third-order valence-electron chi connectivity index (χ3n) is 8.10. The number of halogens is 2. The zero-order valence-corrected chi connectivity index (χ0v) is 22.6. The van der Waals surface area contributed by atoms with Gasteiger partial charge in [-0.3, -0.25) is 14.7 Å². The number of H-pyrrole nitrogens is 1. The summed E-state index contributed by atoms with van der Waals surface area (Å²) >= 11 is 13.5. The summed E-state index contributed by atoms with van der Waals surface area (Å²) in [4.78, 5) is 30.2. The van der Waals surface area contributed by atoms with Gasteiger partial charge in [-0.05, 0) is 78.6 Å². The Morgan fingerprint density at radius 2 is 1.84 bits per heavy atom. The highest BCUT2D eigenvalue weighted by Gasteiger charge is 2.38. The van der Waals surface area contributed by atoms with E-state index in [1.807, 2.05) is 52.4 Å². The van der Waals surface area contributed by atoms with Crippen molar-refractivity contribution in [2.24, 2.45) is 5.92 Å². The van der Waals surface area contributed by atoms with E-state index in [4.69, 9.17) is 27.9 Å². The van der Waals surface area contributed by atoms with Crippen molar-refractivity contribution < 1.29 is 14.3 Å². The molecular formula is C29H30Cl2N4O3. The number of fused-ring (bicyclic) bond motifs is 1. The first kappa shape index (κ1) is 25.4. The monoisotopic (exact) mass is 552 g/mol. The van der Waals surface area contributed by atoms with Gasteiger partial charge >= 0.3 is 0 Å². The molecule has 38 heavy (non-hydrogen) atoms. The number of nitrogens with zero attached hydrogens (tertiary/aromatic N) is 3. The highest BCUT2D eigenvalue weighted by atomic mass is 35.5. The van der Waals surface area contributed by atoms with Crippen LogP contribution in [-0.4, -0.2) is 70.7 Å². The Labute approximate surface area is 232 Å². The predicted molar refractivity (Wildman–Crippen MR) is 147 cm³/mol. The molecule has 9 heteroatoms. The molecule has 2 amide bonds. The minimum Gasteiger partial charge on any atom is -0.378 e. The van der Waals surface area contributed by atoms with Crippen LogP contribution in [0.5, 0.6) is 0 Å². The second-order valence-electron chi connectivity index (χ2n) is 10.4. The third-order valence-corrected chi connectivity index (χ3v) is 8.78. The number of benzene rings is 2. The van der Waals surface area contributed by atoms with E-state index in [1.54, 1.807) is 0 Å². The van der Waals surface area contributed by atoms with Crippen LogP contribution in [0.15, 0.2) is 42.6 Å². The van der Waals surface area contributed by atoms with Crippen LogP contribution in [0.3, 0.4) is 0 Å². The summed E-state index contributed by atoms with van der Waals surface area (Å²) in [5.74, 6) is 0.0544. The summed E-state index contributed by atoms with van der Waals surface area (Å²) < 4.78 is 5.37. The fourth-order valence-corrected chi connectivity index (χ4v) is 6.61. The molecule has 3 aromatic rings. The second kappa shape index (κ2) is 10.7. The molecule has 198 valence electrons.